The minimum atomic E-state index is -1.49. The van der Waals surface area contributed by atoms with Gasteiger partial charge in [0.1, 0.15) is 30.5 Å². The zero-order valence-corrected chi connectivity index (χ0v) is 12.8. The molecular formula is C16H22O7. The summed E-state index contributed by atoms with van der Waals surface area (Å²) in [5, 5.41) is 47.6. The fourth-order valence-corrected chi connectivity index (χ4v) is 1.85. The summed E-state index contributed by atoms with van der Waals surface area (Å²) in [6, 6.07) is 0. The summed E-state index contributed by atoms with van der Waals surface area (Å²) in [6.45, 7) is 1.30. The van der Waals surface area contributed by atoms with Crippen LogP contribution in [-0.4, -0.2) is 75.6 Å². The Kier molecular flexibility index (Phi) is 8.85. The molecule has 0 spiro atoms. The van der Waals surface area contributed by atoms with Crippen molar-refractivity contribution in [3.63, 3.8) is 0 Å². The highest BCUT2D eigenvalue weighted by Crippen LogP contribution is 2.22. The number of hydrogen-bond acceptors (Lipinski definition) is 7. The lowest BCUT2D eigenvalue weighted by Gasteiger charge is -2.39. The van der Waals surface area contributed by atoms with Crippen LogP contribution in [0.5, 0.6) is 0 Å². The summed E-state index contributed by atoms with van der Waals surface area (Å²) < 4.78 is 10.4. The van der Waals surface area contributed by atoms with Gasteiger partial charge >= 0.3 is 0 Å². The molecule has 5 N–H and O–H groups in total. The second-order valence-corrected chi connectivity index (χ2v) is 4.91. The monoisotopic (exact) mass is 326 g/mol. The van der Waals surface area contributed by atoms with Crippen molar-refractivity contribution in [2.75, 3.05) is 13.2 Å². The minimum absolute atomic E-state index is 0.000822. The molecule has 0 aromatic heterocycles. The van der Waals surface area contributed by atoms with Gasteiger partial charge in [-0.25, -0.2) is 0 Å². The first-order chi connectivity index (χ1) is 11.0. The molecule has 0 amide bonds. The van der Waals surface area contributed by atoms with Gasteiger partial charge in [0.05, 0.1) is 13.2 Å². The van der Waals surface area contributed by atoms with Crippen molar-refractivity contribution in [1.82, 2.24) is 0 Å². The topological polar surface area (TPSA) is 120 Å². The highest BCUT2D eigenvalue weighted by atomic mass is 16.7. The standard InChI is InChI=1S/C16H22O7/c1-2-3-4-5-6-7-11(18)8-9-22-16-15(21)14(20)13(19)12(10-17)23-16/h2-3,11-21H,8-10H2,1H3/b3-2-/t11-,12-,13-,14+,15-,16-/m0/s1. The SMILES string of the molecule is C/C=C\C#CC#C[C@H](O)CCO[C@H]1O[C@@H](CO)[C@H](O)[C@@H](O)[C@@H]1O. The van der Waals surface area contributed by atoms with Crippen molar-refractivity contribution in [2.45, 2.75) is 50.2 Å². The van der Waals surface area contributed by atoms with E-state index in [1.54, 1.807) is 12.2 Å². The van der Waals surface area contributed by atoms with Crippen LogP contribution in [0.1, 0.15) is 13.3 Å². The largest absolute Gasteiger partial charge is 0.394 e. The Morgan fingerprint density at radius 3 is 2.57 bits per heavy atom. The zero-order chi connectivity index (χ0) is 17.2. The Morgan fingerprint density at radius 2 is 1.91 bits per heavy atom. The van der Waals surface area contributed by atoms with Crippen molar-refractivity contribution < 1.29 is 35.0 Å². The van der Waals surface area contributed by atoms with Crippen LogP contribution in [0, 0.1) is 23.7 Å². The number of rotatable bonds is 5. The highest BCUT2D eigenvalue weighted by molar-refractivity contribution is 5.31. The molecule has 0 aliphatic carbocycles. The van der Waals surface area contributed by atoms with E-state index in [9.17, 15) is 20.4 Å². The highest BCUT2D eigenvalue weighted by Gasteiger charge is 2.43. The summed E-state index contributed by atoms with van der Waals surface area (Å²) in [4.78, 5) is 0. The normalized spacial score (nSPS) is 31.8. The van der Waals surface area contributed by atoms with E-state index < -0.39 is 43.4 Å². The van der Waals surface area contributed by atoms with Gasteiger partial charge in [-0.15, -0.1) is 0 Å². The molecule has 128 valence electrons. The molecule has 1 saturated heterocycles. The van der Waals surface area contributed by atoms with Crippen molar-refractivity contribution >= 4 is 0 Å². The van der Waals surface area contributed by atoms with Crippen LogP contribution >= 0.6 is 0 Å². The van der Waals surface area contributed by atoms with Gasteiger partial charge in [0.25, 0.3) is 0 Å². The first-order valence-electron chi connectivity index (χ1n) is 7.23. The number of hydrogen-bond donors (Lipinski definition) is 5. The van der Waals surface area contributed by atoms with E-state index in [1.807, 2.05) is 6.92 Å². The molecule has 7 nitrogen and oxygen atoms in total. The van der Waals surface area contributed by atoms with Crippen molar-refractivity contribution in [1.29, 1.82) is 0 Å². The maximum absolute atomic E-state index is 9.75. The number of ether oxygens (including phenoxy) is 2. The van der Waals surface area contributed by atoms with Gasteiger partial charge in [-0.3, -0.25) is 0 Å². The lowest BCUT2D eigenvalue weighted by molar-refractivity contribution is -0.301. The van der Waals surface area contributed by atoms with E-state index in [0.717, 1.165) is 0 Å². The second-order valence-electron chi connectivity index (χ2n) is 4.91. The van der Waals surface area contributed by atoms with Gasteiger partial charge in [-0.1, -0.05) is 17.9 Å². The molecular weight excluding hydrogens is 304 g/mol. The van der Waals surface area contributed by atoms with E-state index in [0.29, 0.717) is 0 Å². The van der Waals surface area contributed by atoms with Crippen LogP contribution in [0.4, 0.5) is 0 Å². The second kappa shape index (κ2) is 10.4. The van der Waals surface area contributed by atoms with E-state index >= 15 is 0 Å². The molecule has 0 bridgehead atoms. The molecule has 0 aromatic carbocycles. The van der Waals surface area contributed by atoms with Crippen LogP contribution in [0.3, 0.4) is 0 Å². The molecule has 0 radical (unpaired) electrons. The van der Waals surface area contributed by atoms with E-state index in [-0.39, 0.29) is 13.0 Å². The minimum Gasteiger partial charge on any atom is -0.394 e. The molecule has 23 heavy (non-hydrogen) atoms. The quantitative estimate of drug-likeness (QED) is 0.376. The van der Waals surface area contributed by atoms with Crippen LogP contribution in [0.15, 0.2) is 12.2 Å². The summed E-state index contributed by atoms with van der Waals surface area (Å²) in [5.41, 5.74) is 0. The Hall–Kier alpha value is -1.42. The third-order valence-electron chi connectivity index (χ3n) is 3.15. The average Bonchev–Trinajstić information content (AvgIpc) is 2.54. The molecule has 6 atom stereocenters. The van der Waals surface area contributed by atoms with Crippen molar-refractivity contribution in [3.8, 4) is 23.7 Å². The van der Waals surface area contributed by atoms with Crippen LogP contribution in [-0.2, 0) is 9.47 Å². The zero-order valence-electron chi connectivity index (χ0n) is 12.8. The molecule has 7 heteroatoms. The number of aliphatic hydroxyl groups is 5. The van der Waals surface area contributed by atoms with Crippen LogP contribution in [0.2, 0.25) is 0 Å². The summed E-state index contributed by atoms with van der Waals surface area (Å²) in [5.74, 6) is 10.2. The summed E-state index contributed by atoms with van der Waals surface area (Å²) in [6.07, 6.45) is -4.02. The van der Waals surface area contributed by atoms with E-state index in [1.165, 1.54) is 0 Å². The third-order valence-corrected chi connectivity index (χ3v) is 3.15. The first kappa shape index (κ1) is 19.6. The van der Waals surface area contributed by atoms with Crippen molar-refractivity contribution in [2.24, 2.45) is 0 Å². The molecule has 1 heterocycles. The van der Waals surface area contributed by atoms with Gasteiger partial charge in [-0.05, 0) is 24.8 Å². The molecule has 0 unspecified atom stereocenters. The lowest BCUT2D eigenvalue weighted by Crippen LogP contribution is -2.59. The Morgan fingerprint density at radius 1 is 1.17 bits per heavy atom. The predicted octanol–water partition coefficient (Wildman–Crippen LogP) is -1.86. The predicted molar refractivity (Wildman–Crippen MR) is 80.7 cm³/mol. The molecule has 0 saturated carbocycles. The fraction of sp³-hybridized carbons (Fsp3) is 0.625. The van der Waals surface area contributed by atoms with Gasteiger partial charge < -0.3 is 35.0 Å². The van der Waals surface area contributed by atoms with Gasteiger partial charge in [0, 0.05) is 6.42 Å². The molecule has 0 aromatic rings. The number of allylic oxidation sites excluding steroid dienone is 2. The van der Waals surface area contributed by atoms with E-state index in [4.69, 9.17) is 14.6 Å². The van der Waals surface area contributed by atoms with Gasteiger partial charge in [-0.2, -0.15) is 0 Å². The Labute approximate surface area is 135 Å². The first-order valence-corrected chi connectivity index (χ1v) is 7.23. The molecule has 1 aliphatic heterocycles. The number of aliphatic hydroxyl groups excluding tert-OH is 5. The van der Waals surface area contributed by atoms with Gasteiger partial charge in [0.15, 0.2) is 6.29 Å². The summed E-state index contributed by atoms with van der Waals surface area (Å²) >= 11 is 0. The van der Waals surface area contributed by atoms with Crippen molar-refractivity contribution in [3.05, 3.63) is 12.2 Å². The molecule has 1 rings (SSSR count). The maximum atomic E-state index is 9.75. The lowest BCUT2D eigenvalue weighted by atomic mass is 9.99. The van der Waals surface area contributed by atoms with E-state index in [2.05, 4.69) is 23.7 Å². The Balaban J connectivity index is 2.41. The Bertz CT molecular complexity index is 494. The van der Waals surface area contributed by atoms with Gasteiger partial charge in [0.2, 0.25) is 0 Å². The smallest absolute Gasteiger partial charge is 0.186 e. The third kappa shape index (κ3) is 6.30. The van der Waals surface area contributed by atoms with Crippen LogP contribution in [0.25, 0.3) is 0 Å². The molecule has 1 fully saturated rings. The average molecular weight is 326 g/mol. The fourth-order valence-electron chi connectivity index (χ4n) is 1.85. The summed E-state index contributed by atoms with van der Waals surface area (Å²) in [7, 11) is 0. The molecule has 1 aliphatic rings. The van der Waals surface area contributed by atoms with Crippen LogP contribution < -0.4 is 0 Å². The maximum Gasteiger partial charge on any atom is 0.186 e.